The van der Waals surface area contributed by atoms with E-state index in [0.29, 0.717) is 11.5 Å². The van der Waals surface area contributed by atoms with E-state index in [0.717, 1.165) is 0 Å². The summed E-state index contributed by atoms with van der Waals surface area (Å²) in [5.74, 6) is 0. The van der Waals surface area contributed by atoms with Gasteiger partial charge in [-0.3, -0.25) is 0 Å². The summed E-state index contributed by atoms with van der Waals surface area (Å²) in [5, 5.41) is 7.29. The summed E-state index contributed by atoms with van der Waals surface area (Å²) < 4.78 is 0. The molecular weight excluding hydrogens is 196 g/mol. The normalized spacial score (nSPS) is 27.9. The molecule has 2 atom stereocenters. The Balaban J connectivity index is 2.27. The fourth-order valence-electron chi connectivity index (χ4n) is 2.61. The van der Waals surface area contributed by atoms with E-state index in [1.54, 1.807) is 0 Å². The molecule has 0 radical (unpaired) electrons. The third-order valence-corrected chi connectivity index (χ3v) is 4.13. The third kappa shape index (κ3) is 4.42. The summed E-state index contributed by atoms with van der Waals surface area (Å²) in [6.45, 7) is 10.6. The van der Waals surface area contributed by atoms with Crippen LogP contribution in [0.2, 0.25) is 0 Å². The molecule has 2 N–H and O–H groups in total. The van der Waals surface area contributed by atoms with Gasteiger partial charge in [-0.25, -0.2) is 0 Å². The Bertz CT molecular complexity index is 174. The van der Waals surface area contributed by atoms with Crippen molar-refractivity contribution in [3.05, 3.63) is 0 Å². The minimum atomic E-state index is 0.527. The minimum absolute atomic E-state index is 0.527. The quantitative estimate of drug-likeness (QED) is 0.697. The lowest BCUT2D eigenvalue weighted by atomic mass is 9.78. The fraction of sp³-hybridized carbons (Fsp3) is 1.00. The second kappa shape index (κ2) is 7.29. The van der Waals surface area contributed by atoms with Gasteiger partial charge in [0.1, 0.15) is 0 Å². The van der Waals surface area contributed by atoms with Gasteiger partial charge in [0.25, 0.3) is 0 Å². The Morgan fingerprint density at radius 2 is 2.19 bits per heavy atom. The summed E-state index contributed by atoms with van der Waals surface area (Å²) in [5.41, 5.74) is 0.527. The molecule has 0 spiro atoms. The highest BCUT2D eigenvalue weighted by Crippen LogP contribution is 2.29. The lowest BCUT2D eigenvalue weighted by Crippen LogP contribution is -2.47. The summed E-state index contributed by atoms with van der Waals surface area (Å²) in [6, 6.07) is 0.685. The van der Waals surface area contributed by atoms with Crippen LogP contribution in [0.5, 0.6) is 0 Å². The van der Waals surface area contributed by atoms with Crippen LogP contribution in [0, 0.1) is 5.41 Å². The number of nitrogens with one attached hydrogen (secondary N) is 2. The largest absolute Gasteiger partial charge is 0.316 e. The summed E-state index contributed by atoms with van der Waals surface area (Å²) >= 11 is 0. The van der Waals surface area contributed by atoms with Crippen LogP contribution in [-0.4, -0.2) is 25.7 Å². The number of hydrogen-bond donors (Lipinski definition) is 2. The fourth-order valence-corrected chi connectivity index (χ4v) is 2.61. The molecule has 2 nitrogen and oxygen atoms in total. The highest BCUT2D eigenvalue weighted by atomic mass is 15.0. The van der Waals surface area contributed by atoms with Crippen molar-refractivity contribution in [2.45, 2.75) is 65.3 Å². The topological polar surface area (TPSA) is 24.1 Å². The summed E-state index contributed by atoms with van der Waals surface area (Å²) in [7, 11) is 0. The predicted octanol–water partition coefficient (Wildman–Crippen LogP) is 2.93. The Hall–Kier alpha value is -0.0800. The van der Waals surface area contributed by atoms with Gasteiger partial charge in [0, 0.05) is 19.1 Å². The van der Waals surface area contributed by atoms with E-state index in [4.69, 9.17) is 0 Å². The lowest BCUT2D eigenvalue weighted by molar-refractivity contribution is 0.185. The molecular formula is C14H30N2. The van der Waals surface area contributed by atoms with Crippen LogP contribution in [-0.2, 0) is 0 Å². The average molecular weight is 226 g/mol. The molecule has 0 bridgehead atoms. The van der Waals surface area contributed by atoms with Crippen LogP contribution >= 0.6 is 0 Å². The van der Waals surface area contributed by atoms with E-state index in [9.17, 15) is 0 Å². The molecule has 0 amide bonds. The summed E-state index contributed by atoms with van der Waals surface area (Å²) in [4.78, 5) is 0. The molecule has 0 aromatic carbocycles. The van der Waals surface area contributed by atoms with Gasteiger partial charge in [-0.2, -0.15) is 0 Å². The predicted molar refractivity (Wildman–Crippen MR) is 71.8 cm³/mol. The Morgan fingerprint density at radius 1 is 1.38 bits per heavy atom. The molecule has 1 aliphatic heterocycles. The van der Waals surface area contributed by atoms with E-state index in [1.165, 1.54) is 58.2 Å². The van der Waals surface area contributed by atoms with Crippen LogP contribution in [0.4, 0.5) is 0 Å². The number of piperidine rings is 1. The number of unbranched alkanes of at least 4 members (excludes halogenated alkanes) is 1. The van der Waals surface area contributed by atoms with Crippen LogP contribution in [0.1, 0.15) is 59.3 Å². The first-order valence-corrected chi connectivity index (χ1v) is 7.16. The van der Waals surface area contributed by atoms with Crippen molar-refractivity contribution in [1.82, 2.24) is 10.6 Å². The lowest BCUT2D eigenvalue weighted by Gasteiger charge is -2.38. The molecule has 96 valence electrons. The smallest absolute Gasteiger partial charge is 0.00389 e. The molecule has 0 saturated carbocycles. The summed E-state index contributed by atoms with van der Waals surface area (Å²) in [6.07, 6.45) is 8.03. The second-order valence-electron chi connectivity index (χ2n) is 5.56. The van der Waals surface area contributed by atoms with Crippen molar-refractivity contribution >= 4 is 0 Å². The van der Waals surface area contributed by atoms with E-state index >= 15 is 0 Å². The Kier molecular flexibility index (Phi) is 6.37. The monoisotopic (exact) mass is 226 g/mol. The zero-order valence-corrected chi connectivity index (χ0v) is 11.4. The maximum absolute atomic E-state index is 3.74. The SMILES string of the molecule is CCCCC(C)NCC1(CC)CCCNC1. The van der Waals surface area contributed by atoms with Crippen molar-refractivity contribution in [2.24, 2.45) is 5.41 Å². The van der Waals surface area contributed by atoms with E-state index in [2.05, 4.69) is 31.4 Å². The van der Waals surface area contributed by atoms with Crippen molar-refractivity contribution < 1.29 is 0 Å². The molecule has 1 saturated heterocycles. The van der Waals surface area contributed by atoms with Gasteiger partial charge in [-0.15, -0.1) is 0 Å². The maximum Gasteiger partial charge on any atom is 0.00389 e. The zero-order chi connectivity index (χ0) is 11.9. The van der Waals surface area contributed by atoms with Gasteiger partial charge >= 0.3 is 0 Å². The molecule has 0 aromatic rings. The van der Waals surface area contributed by atoms with Crippen LogP contribution in [0.3, 0.4) is 0 Å². The van der Waals surface area contributed by atoms with E-state index in [-0.39, 0.29) is 0 Å². The first-order chi connectivity index (χ1) is 7.72. The van der Waals surface area contributed by atoms with Gasteiger partial charge in [0.05, 0.1) is 0 Å². The minimum Gasteiger partial charge on any atom is -0.316 e. The number of rotatable bonds is 7. The number of hydrogen-bond acceptors (Lipinski definition) is 2. The van der Waals surface area contributed by atoms with Crippen molar-refractivity contribution in [3.63, 3.8) is 0 Å². The van der Waals surface area contributed by atoms with Crippen molar-refractivity contribution in [3.8, 4) is 0 Å². The van der Waals surface area contributed by atoms with Gasteiger partial charge in [0.2, 0.25) is 0 Å². The third-order valence-electron chi connectivity index (χ3n) is 4.13. The molecule has 0 aromatic heterocycles. The van der Waals surface area contributed by atoms with E-state index in [1.807, 2.05) is 0 Å². The molecule has 1 rings (SSSR count). The van der Waals surface area contributed by atoms with Crippen molar-refractivity contribution in [1.29, 1.82) is 0 Å². The zero-order valence-electron chi connectivity index (χ0n) is 11.4. The molecule has 1 fully saturated rings. The molecule has 1 heterocycles. The Morgan fingerprint density at radius 3 is 2.75 bits per heavy atom. The van der Waals surface area contributed by atoms with Crippen molar-refractivity contribution in [2.75, 3.05) is 19.6 Å². The van der Waals surface area contributed by atoms with E-state index < -0.39 is 0 Å². The maximum atomic E-state index is 3.74. The highest BCUT2D eigenvalue weighted by Gasteiger charge is 2.29. The Labute approximate surface area is 102 Å². The van der Waals surface area contributed by atoms with Gasteiger partial charge in [0.15, 0.2) is 0 Å². The van der Waals surface area contributed by atoms with Crippen LogP contribution in [0.25, 0.3) is 0 Å². The molecule has 2 unspecified atom stereocenters. The average Bonchev–Trinajstić information content (AvgIpc) is 2.35. The highest BCUT2D eigenvalue weighted by molar-refractivity contribution is 4.87. The first-order valence-electron chi connectivity index (χ1n) is 7.16. The molecule has 1 aliphatic rings. The second-order valence-corrected chi connectivity index (χ2v) is 5.56. The van der Waals surface area contributed by atoms with Gasteiger partial charge < -0.3 is 10.6 Å². The molecule has 2 heteroatoms. The van der Waals surface area contributed by atoms with Gasteiger partial charge in [-0.1, -0.05) is 26.7 Å². The standard InChI is InChI=1S/C14H30N2/c1-4-6-8-13(3)16-12-14(5-2)9-7-10-15-11-14/h13,15-16H,4-12H2,1-3H3. The van der Waals surface area contributed by atoms with Gasteiger partial charge in [-0.05, 0) is 44.6 Å². The van der Waals surface area contributed by atoms with Crippen LogP contribution < -0.4 is 10.6 Å². The first kappa shape index (κ1) is 14.0. The van der Waals surface area contributed by atoms with Crippen LogP contribution in [0.15, 0.2) is 0 Å². The molecule has 16 heavy (non-hydrogen) atoms. The molecule has 0 aliphatic carbocycles.